The third-order valence-electron chi connectivity index (χ3n) is 2.50. The van der Waals surface area contributed by atoms with Gasteiger partial charge >= 0.3 is 0 Å². The SMILES string of the molecule is C=CC(=O)NCCN1CCC(F)(F)CC1. The van der Waals surface area contributed by atoms with Crippen molar-refractivity contribution in [3.63, 3.8) is 0 Å². The van der Waals surface area contributed by atoms with Crippen LogP contribution in [0.25, 0.3) is 0 Å². The Labute approximate surface area is 88.1 Å². The fourth-order valence-corrected chi connectivity index (χ4v) is 1.51. The van der Waals surface area contributed by atoms with Gasteiger partial charge in [-0.25, -0.2) is 8.78 Å². The molecule has 1 amide bonds. The van der Waals surface area contributed by atoms with Crippen LogP contribution in [0.1, 0.15) is 12.8 Å². The van der Waals surface area contributed by atoms with Crippen molar-refractivity contribution in [1.82, 2.24) is 10.2 Å². The van der Waals surface area contributed by atoms with E-state index in [4.69, 9.17) is 0 Å². The van der Waals surface area contributed by atoms with E-state index in [-0.39, 0.29) is 18.7 Å². The predicted octanol–water partition coefficient (Wildman–Crippen LogP) is 1.02. The first-order valence-corrected chi connectivity index (χ1v) is 5.04. The van der Waals surface area contributed by atoms with Crippen molar-refractivity contribution >= 4 is 5.91 Å². The van der Waals surface area contributed by atoms with E-state index in [2.05, 4.69) is 11.9 Å². The molecule has 3 nitrogen and oxygen atoms in total. The minimum Gasteiger partial charge on any atom is -0.351 e. The van der Waals surface area contributed by atoms with E-state index in [0.29, 0.717) is 26.2 Å². The van der Waals surface area contributed by atoms with Gasteiger partial charge in [-0.3, -0.25) is 4.79 Å². The lowest BCUT2D eigenvalue weighted by atomic mass is 10.1. The molecule has 5 heteroatoms. The average molecular weight is 218 g/mol. The highest BCUT2D eigenvalue weighted by molar-refractivity contribution is 5.86. The molecule has 0 atom stereocenters. The number of carbonyl (C=O) groups is 1. The summed E-state index contributed by atoms with van der Waals surface area (Å²) >= 11 is 0. The van der Waals surface area contributed by atoms with Crippen molar-refractivity contribution < 1.29 is 13.6 Å². The molecule has 0 aliphatic carbocycles. The van der Waals surface area contributed by atoms with Crippen LogP contribution in [-0.4, -0.2) is 42.9 Å². The Morgan fingerprint density at radius 1 is 1.47 bits per heavy atom. The van der Waals surface area contributed by atoms with E-state index in [9.17, 15) is 13.6 Å². The fraction of sp³-hybridized carbons (Fsp3) is 0.700. The summed E-state index contributed by atoms with van der Waals surface area (Å²) < 4.78 is 25.5. The molecule has 1 rings (SSSR count). The van der Waals surface area contributed by atoms with Gasteiger partial charge in [-0.2, -0.15) is 0 Å². The Hall–Kier alpha value is -0.970. The maximum atomic E-state index is 12.8. The minimum atomic E-state index is -2.50. The van der Waals surface area contributed by atoms with E-state index < -0.39 is 5.92 Å². The van der Waals surface area contributed by atoms with Crippen molar-refractivity contribution in [2.75, 3.05) is 26.2 Å². The monoisotopic (exact) mass is 218 g/mol. The Bertz CT molecular complexity index is 234. The van der Waals surface area contributed by atoms with E-state index in [0.717, 1.165) is 0 Å². The summed E-state index contributed by atoms with van der Waals surface area (Å²) in [5.41, 5.74) is 0. The standard InChI is InChI=1S/C10H16F2N2O/c1-2-9(15)13-5-8-14-6-3-10(11,12)4-7-14/h2H,1,3-8H2,(H,13,15). The van der Waals surface area contributed by atoms with Gasteiger partial charge in [-0.05, 0) is 6.08 Å². The van der Waals surface area contributed by atoms with Gasteiger partial charge in [0.05, 0.1) is 0 Å². The minimum absolute atomic E-state index is 0.0809. The number of hydrogen-bond donors (Lipinski definition) is 1. The molecule has 1 aliphatic heterocycles. The molecule has 86 valence electrons. The molecule has 1 N–H and O–H groups in total. The van der Waals surface area contributed by atoms with E-state index in [1.165, 1.54) is 6.08 Å². The lowest BCUT2D eigenvalue weighted by molar-refractivity contribution is -0.116. The van der Waals surface area contributed by atoms with Gasteiger partial charge in [0.25, 0.3) is 5.92 Å². The summed E-state index contributed by atoms with van der Waals surface area (Å²) in [5.74, 6) is -2.72. The highest BCUT2D eigenvalue weighted by Gasteiger charge is 2.33. The first-order valence-electron chi connectivity index (χ1n) is 5.04. The summed E-state index contributed by atoms with van der Waals surface area (Å²) in [6, 6.07) is 0. The van der Waals surface area contributed by atoms with Gasteiger partial charge in [0, 0.05) is 39.0 Å². The van der Waals surface area contributed by atoms with E-state index in [1.54, 1.807) is 0 Å². The Balaban J connectivity index is 2.14. The average Bonchev–Trinajstić information content (AvgIpc) is 2.20. The fourth-order valence-electron chi connectivity index (χ4n) is 1.51. The molecule has 0 unspecified atom stereocenters. The summed E-state index contributed by atoms with van der Waals surface area (Å²) in [4.78, 5) is 12.7. The quantitative estimate of drug-likeness (QED) is 0.714. The normalized spacial score (nSPS) is 20.9. The van der Waals surface area contributed by atoms with E-state index in [1.807, 2.05) is 4.90 Å². The second kappa shape index (κ2) is 5.21. The Morgan fingerprint density at radius 2 is 2.07 bits per heavy atom. The largest absolute Gasteiger partial charge is 0.351 e. The van der Waals surface area contributed by atoms with Crippen molar-refractivity contribution in [3.05, 3.63) is 12.7 Å². The molecule has 1 aliphatic rings. The van der Waals surface area contributed by atoms with Crippen LogP contribution in [0, 0.1) is 0 Å². The zero-order chi connectivity index (χ0) is 11.3. The Morgan fingerprint density at radius 3 is 2.60 bits per heavy atom. The number of piperidine rings is 1. The molecule has 0 saturated carbocycles. The number of nitrogens with zero attached hydrogens (tertiary/aromatic N) is 1. The van der Waals surface area contributed by atoms with Gasteiger partial charge in [0.15, 0.2) is 0 Å². The summed E-state index contributed by atoms with van der Waals surface area (Å²) in [7, 11) is 0. The van der Waals surface area contributed by atoms with E-state index >= 15 is 0 Å². The lowest BCUT2D eigenvalue weighted by Gasteiger charge is -2.31. The zero-order valence-corrected chi connectivity index (χ0v) is 8.64. The summed E-state index contributed by atoms with van der Waals surface area (Å²) in [6.45, 7) is 5.22. The topological polar surface area (TPSA) is 32.3 Å². The molecular weight excluding hydrogens is 202 g/mol. The molecule has 15 heavy (non-hydrogen) atoms. The number of alkyl halides is 2. The molecule has 0 radical (unpaired) electrons. The van der Waals surface area contributed by atoms with Gasteiger partial charge in [-0.15, -0.1) is 0 Å². The number of rotatable bonds is 4. The molecule has 1 fully saturated rings. The lowest BCUT2D eigenvalue weighted by Crippen LogP contribution is -2.42. The molecular formula is C10H16F2N2O. The summed E-state index contributed by atoms with van der Waals surface area (Å²) in [6.07, 6.45) is 1.04. The number of likely N-dealkylation sites (tertiary alicyclic amines) is 1. The highest BCUT2D eigenvalue weighted by Crippen LogP contribution is 2.27. The highest BCUT2D eigenvalue weighted by atomic mass is 19.3. The maximum Gasteiger partial charge on any atom is 0.250 e. The molecule has 0 aromatic rings. The van der Waals surface area contributed by atoms with Crippen LogP contribution in [0.3, 0.4) is 0 Å². The van der Waals surface area contributed by atoms with Crippen LogP contribution < -0.4 is 5.32 Å². The molecule has 0 spiro atoms. The number of carbonyl (C=O) groups excluding carboxylic acids is 1. The third kappa shape index (κ3) is 4.38. The van der Waals surface area contributed by atoms with Crippen LogP contribution in [0.5, 0.6) is 0 Å². The molecule has 0 aromatic carbocycles. The first-order chi connectivity index (χ1) is 7.03. The van der Waals surface area contributed by atoms with Crippen LogP contribution in [0.2, 0.25) is 0 Å². The third-order valence-corrected chi connectivity index (χ3v) is 2.50. The van der Waals surface area contributed by atoms with Gasteiger partial charge in [0.2, 0.25) is 5.91 Å². The number of amides is 1. The van der Waals surface area contributed by atoms with Crippen LogP contribution in [-0.2, 0) is 4.79 Å². The smallest absolute Gasteiger partial charge is 0.250 e. The summed E-state index contributed by atoms with van der Waals surface area (Å²) in [5, 5.41) is 2.61. The second-order valence-electron chi connectivity index (χ2n) is 3.69. The van der Waals surface area contributed by atoms with Gasteiger partial charge in [-0.1, -0.05) is 6.58 Å². The Kier molecular flexibility index (Phi) is 4.20. The van der Waals surface area contributed by atoms with Crippen molar-refractivity contribution in [2.45, 2.75) is 18.8 Å². The van der Waals surface area contributed by atoms with Crippen LogP contribution >= 0.6 is 0 Å². The maximum absolute atomic E-state index is 12.8. The van der Waals surface area contributed by atoms with Gasteiger partial charge < -0.3 is 10.2 Å². The first kappa shape index (κ1) is 12.1. The van der Waals surface area contributed by atoms with Crippen molar-refractivity contribution in [2.24, 2.45) is 0 Å². The number of nitrogens with one attached hydrogen (secondary N) is 1. The predicted molar refractivity (Wildman–Crippen MR) is 53.8 cm³/mol. The van der Waals surface area contributed by atoms with Gasteiger partial charge in [0.1, 0.15) is 0 Å². The van der Waals surface area contributed by atoms with Crippen LogP contribution in [0.4, 0.5) is 8.78 Å². The molecule has 1 saturated heterocycles. The number of halogens is 2. The van der Waals surface area contributed by atoms with Crippen LogP contribution in [0.15, 0.2) is 12.7 Å². The zero-order valence-electron chi connectivity index (χ0n) is 8.64. The van der Waals surface area contributed by atoms with Crippen molar-refractivity contribution in [3.8, 4) is 0 Å². The second-order valence-corrected chi connectivity index (χ2v) is 3.69. The molecule has 0 bridgehead atoms. The number of hydrogen-bond acceptors (Lipinski definition) is 2. The molecule has 0 aromatic heterocycles. The van der Waals surface area contributed by atoms with Crippen molar-refractivity contribution in [1.29, 1.82) is 0 Å². The molecule has 1 heterocycles.